The molecule has 0 bridgehead atoms. The van der Waals surface area contributed by atoms with Gasteiger partial charge in [0, 0.05) is 17.3 Å². The number of oxazole rings is 1. The van der Waals surface area contributed by atoms with Crippen molar-refractivity contribution in [2.24, 2.45) is 0 Å². The summed E-state index contributed by atoms with van der Waals surface area (Å²) in [5.41, 5.74) is 7.50. The van der Waals surface area contributed by atoms with Crippen LogP contribution in [-0.2, 0) is 5.75 Å². The molecule has 0 radical (unpaired) electrons. The Labute approximate surface area is 144 Å². The molecule has 24 heavy (non-hydrogen) atoms. The van der Waals surface area contributed by atoms with Gasteiger partial charge in [-0.15, -0.1) is 0 Å². The van der Waals surface area contributed by atoms with Crippen molar-refractivity contribution in [1.29, 1.82) is 0 Å². The lowest BCUT2D eigenvalue weighted by atomic mass is 10.2. The van der Waals surface area contributed by atoms with Crippen molar-refractivity contribution in [3.63, 3.8) is 0 Å². The molecule has 1 aromatic carbocycles. The summed E-state index contributed by atoms with van der Waals surface area (Å²) in [5.74, 6) is 3.13. The van der Waals surface area contributed by atoms with Gasteiger partial charge >= 0.3 is 0 Å². The van der Waals surface area contributed by atoms with Gasteiger partial charge in [0.25, 0.3) is 0 Å². The first-order valence-electron chi connectivity index (χ1n) is 7.56. The lowest BCUT2D eigenvalue weighted by Crippen LogP contribution is -1.96. The minimum Gasteiger partial charge on any atom is -0.494 e. The Balaban J connectivity index is 1.70. The van der Waals surface area contributed by atoms with Crippen molar-refractivity contribution in [2.75, 3.05) is 12.3 Å². The Hall–Kier alpha value is -2.54. The molecule has 2 heterocycles. The maximum absolute atomic E-state index is 5.81. The molecule has 0 amide bonds. The number of benzene rings is 1. The summed E-state index contributed by atoms with van der Waals surface area (Å²) in [6.07, 6.45) is 1.71. The van der Waals surface area contributed by atoms with Crippen LogP contribution in [0.25, 0.3) is 11.3 Å². The summed E-state index contributed by atoms with van der Waals surface area (Å²) in [6, 6.07) is 9.48. The Bertz CT molecular complexity index is 815. The fraction of sp³-hybridized carbons (Fsp3) is 0.235. The lowest BCUT2D eigenvalue weighted by Gasteiger charge is -2.04. The maximum Gasteiger partial charge on any atom is 0.205 e. The quantitative estimate of drug-likeness (QED) is 0.539. The van der Waals surface area contributed by atoms with E-state index in [-0.39, 0.29) is 0 Å². The van der Waals surface area contributed by atoms with E-state index in [2.05, 4.69) is 15.0 Å². The van der Waals surface area contributed by atoms with E-state index < -0.39 is 0 Å². The third-order valence-corrected chi connectivity index (χ3v) is 3.99. The van der Waals surface area contributed by atoms with Crippen molar-refractivity contribution in [3.05, 3.63) is 48.1 Å². The van der Waals surface area contributed by atoms with E-state index in [1.165, 1.54) is 11.8 Å². The summed E-state index contributed by atoms with van der Waals surface area (Å²) < 4.78 is 11.3. The highest BCUT2D eigenvalue weighted by molar-refractivity contribution is 7.98. The van der Waals surface area contributed by atoms with Gasteiger partial charge < -0.3 is 14.9 Å². The van der Waals surface area contributed by atoms with Crippen LogP contribution in [0, 0.1) is 6.92 Å². The second-order valence-corrected chi connectivity index (χ2v) is 6.03. The SMILES string of the molecule is CCOc1cccc(-c2cnc(CSc3nc(C)cc(N)n3)o2)c1. The second kappa shape index (κ2) is 7.35. The number of thioether (sulfide) groups is 1. The van der Waals surface area contributed by atoms with Crippen LogP contribution >= 0.6 is 11.8 Å². The summed E-state index contributed by atoms with van der Waals surface area (Å²) >= 11 is 1.44. The normalized spacial score (nSPS) is 10.8. The van der Waals surface area contributed by atoms with Crippen molar-refractivity contribution in [2.45, 2.75) is 24.8 Å². The van der Waals surface area contributed by atoms with Gasteiger partial charge in [-0.25, -0.2) is 15.0 Å². The van der Waals surface area contributed by atoms with E-state index in [1.54, 1.807) is 12.3 Å². The summed E-state index contributed by atoms with van der Waals surface area (Å²) in [4.78, 5) is 12.8. The number of hydrogen-bond acceptors (Lipinski definition) is 7. The van der Waals surface area contributed by atoms with Gasteiger partial charge in [-0.2, -0.15) is 0 Å². The summed E-state index contributed by atoms with van der Waals surface area (Å²) in [6.45, 7) is 4.47. The van der Waals surface area contributed by atoms with Crippen LogP contribution in [0.3, 0.4) is 0 Å². The summed E-state index contributed by atoms with van der Waals surface area (Å²) in [5, 5.41) is 0.616. The zero-order valence-electron chi connectivity index (χ0n) is 13.5. The third kappa shape index (κ3) is 4.05. The Morgan fingerprint density at radius 1 is 1.25 bits per heavy atom. The van der Waals surface area contributed by atoms with Crippen molar-refractivity contribution in [3.8, 4) is 17.1 Å². The summed E-state index contributed by atoms with van der Waals surface area (Å²) in [7, 11) is 0. The number of aromatic nitrogens is 3. The average Bonchev–Trinajstić information content (AvgIpc) is 3.02. The molecule has 0 aliphatic rings. The van der Waals surface area contributed by atoms with E-state index in [4.69, 9.17) is 14.9 Å². The minimum atomic E-state index is 0.464. The topological polar surface area (TPSA) is 87.1 Å². The first-order valence-corrected chi connectivity index (χ1v) is 8.54. The standard InChI is InChI=1S/C17H18N4O2S/c1-3-22-13-6-4-5-12(8-13)14-9-19-16(23-14)10-24-17-20-11(2)7-15(18)21-17/h4-9H,3,10H2,1-2H3,(H2,18,20,21). The number of anilines is 1. The molecule has 0 saturated carbocycles. The van der Waals surface area contributed by atoms with E-state index in [9.17, 15) is 0 Å². The molecule has 124 valence electrons. The Kier molecular flexibility index (Phi) is 5.00. The monoisotopic (exact) mass is 342 g/mol. The fourth-order valence-corrected chi connectivity index (χ4v) is 2.94. The van der Waals surface area contributed by atoms with Gasteiger partial charge in [0.15, 0.2) is 10.9 Å². The van der Waals surface area contributed by atoms with Gasteiger partial charge in [0.05, 0.1) is 18.6 Å². The molecular weight excluding hydrogens is 324 g/mol. The highest BCUT2D eigenvalue weighted by Crippen LogP contribution is 2.27. The number of aryl methyl sites for hydroxylation is 1. The molecule has 0 saturated heterocycles. The van der Waals surface area contributed by atoms with Crippen LogP contribution in [0.5, 0.6) is 5.75 Å². The average molecular weight is 342 g/mol. The predicted octanol–water partition coefficient (Wildman–Crippen LogP) is 3.71. The number of nitrogen functional groups attached to an aromatic ring is 1. The Morgan fingerprint density at radius 3 is 2.92 bits per heavy atom. The van der Waals surface area contributed by atoms with Gasteiger partial charge in [-0.05, 0) is 26.0 Å². The lowest BCUT2D eigenvalue weighted by molar-refractivity contribution is 0.340. The van der Waals surface area contributed by atoms with Crippen molar-refractivity contribution < 1.29 is 9.15 Å². The van der Waals surface area contributed by atoms with E-state index in [1.807, 2.05) is 38.1 Å². The van der Waals surface area contributed by atoms with Crippen LogP contribution in [0.4, 0.5) is 5.82 Å². The van der Waals surface area contributed by atoms with E-state index >= 15 is 0 Å². The fourth-order valence-electron chi connectivity index (χ4n) is 2.17. The number of nitrogens with zero attached hydrogens (tertiary/aromatic N) is 3. The largest absolute Gasteiger partial charge is 0.494 e. The van der Waals surface area contributed by atoms with Gasteiger partial charge in [-0.3, -0.25) is 0 Å². The molecule has 0 atom stereocenters. The minimum absolute atomic E-state index is 0.464. The first kappa shape index (κ1) is 16.3. The molecule has 0 aliphatic heterocycles. The highest BCUT2D eigenvalue weighted by Gasteiger charge is 2.09. The highest BCUT2D eigenvalue weighted by atomic mass is 32.2. The van der Waals surface area contributed by atoms with Crippen LogP contribution in [0.2, 0.25) is 0 Å². The number of hydrogen-bond donors (Lipinski definition) is 1. The molecule has 3 rings (SSSR count). The van der Waals surface area contributed by atoms with Gasteiger partial charge in [0.2, 0.25) is 5.89 Å². The van der Waals surface area contributed by atoms with E-state index in [0.717, 1.165) is 17.0 Å². The third-order valence-electron chi connectivity index (χ3n) is 3.16. The van der Waals surface area contributed by atoms with Crippen molar-refractivity contribution >= 4 is 17.6 Å². The molecule has 0 spiro atoms. The smallest absolute Gasteiger partial charge is 0.205 e. The van der Waals surface area contributed by atoms with E-state index in [0.29, 0.717) is 35.0 Å². The first-order chi connectivity index (χ1) is 11.6. The molecule has 7 heteroatoms. The molecule has 0 aliphatic carbocycles. The zero-order chi connectivity index (χ0) is 16.9. The van der Waals surface area contributed by atoms with Crippen LogP contribution < -0.4 is 10.5 Å². The van der Waals surface area contributed by atoms with Gasteiger partial charge in [-0.1, -0.05) is 23.9 Å². The Morgan fingerprint density at radius 2 is 2.12 bits per heavy atom. The van der Waals surface area contributed by atoms with Crippen LogP contribution in [0.1, 0.15) is 18.5 Å². The number of ether oxygens (including phenoxy) is 1. The molecule has 2 N–H and O–H groups in total. The molecular formula is C17H18N4O2S. The number of rotatable bonds is 6. The van der Waals surface area contributed by atoms with Crippen molar-refractivity contribution in [1.82, 2.24) is 15.0 Å². The molecule has 2 aromatic heterocycles. The van der Waals surface area contributed by atoms with Gasteiger partial charge in [0.1, 0.15) is 11.6 Å². The number of nitrogens with two attached hydrogens (primary N) is 1. The maximum atomic E-state index is 5.81. The molecule has 0 fully saturated rings. The van der Waals surface area contributed by atoms with Crippen LogP contribution in [0.15, 0.2) is 46.1 Å². The molecule has 0 unspecified atom stereocenters. The molecule has 3 aromatic rings. The van der Waals surface area contributed by atoms with Crippen LogP contribution in [-0.4, -0.2) is 21.6 Å². The second-order valence-electron chi connectivity index (χ2n) is 5.08. The molecule has 6 nitrogen and oxygen atoms in total. The zero-order valence-corrected chi connectivity index (χ0v) is 14.3. The predicted molar refractivity (Wildman–Crippen MR) is 93.9 cm³/mol.